The van der Waals surface area contributed by atoms with Gasteiger partial charge in [0.25, 0.3) is 0 Å². The zero-order chi connectivity index (χ0) is 20.9. The van der Waals surface area contributed by atoms with Crippen molar-refractivity contribution in [1.82, 2.24) is 4.90 Å². The van der Waals surface area contributed by atoms with Crippen LogP contribution in [-0.2, 0) is 10.3 Å². The van der Waals surface area contributed by atoms with Crippen LogP contribution in [0, 0.1) is 0 Å². The summed E-state index contributed by atoms with van der Waals surface area (Å²) >= 11 is 0. The number of ether oxygens (including phenoxy) is 2. The van der Waals surface area contributed by atoms with Crippen LogP contribution < -0.4 is 4.74 Å². The summed E-state index contributed by atoms with van der Waals surface area (Å²) in [5.41, 5.74) is 0.959. The first-order valence-corrected chi connectivity index (χ1v) is 9.66. The van der Waals surface area contributed by atoms with Crippen LogP contribution in [0.5, 0.6) is 5.75 Å². The fourth-order valence-electron chi connectivity index (χ4n) is 3.76. The molecular weight excluding hydrogens is 380 g/mol. The van der Waals surface area contributed by atoms with Crippen LogP contribution in [0.2, 0.25) is 0 Å². The Morgan fingerprint density at radius 3 is 2.45 bits per heavy atom. The Morgan fingerprint density at radius 2 is 1.86 bits per heavy atom. The summed E-state index contributed by atoms with van der Waals surface area (Å²) in [6.45, 7) is -0.497. The summed E-state index contributed by atoms with van der Waals surface area (Å²) in [6, 6.07) is 15.6. The number of carbonyl (C=O) groups excluding carboxylic acids is 1. The van der Waals surface area contributed by atoms with E-state index in [1.54, 1.807) is 17.0 Å². The SMILES string of the molecule is C[C@@H](c1ccc(OC(F)F)cc1)N1CCC(CCCO)(c2ccccc2)OC1=O. The molecule has 5 nitrogen and oxygen atoms in total. The van der Waals surface area contributed by atoms with Gasteiger partial charge < -0.3 is 19.5 Å². The average Bonchev–Trinajstić information content (AvgIpc) is 2.72. The molecule has 1 N–H and O–H groups in total. The highest BCUT2D eigenvalue weighted by Gasteiger charge is 2.43. The van der Waals surface area contributed by atoms with E-state index in [1.165, 1.54) is 12.1 Å². The zero-order valence-corrected chi connectivity index (χ0v) is 16.3. The van der Waals surface area contributed by atoms with Gasteiger partial charge in [0.1, 0.15) is 11.4 Å². The molecule has 7 heteroatoms. The Kier molecular flexibility index (Phi) is 6.69. The molecule has 0 aromatic heterocycles. The van der Waals surface area contributed by atoms with Gasteiger partial charge in [0.2, 0.25) is 0 Å². The third-order valence-electron chi connectivity index (χ3n) is 5.37. The van der Waals surface area contributed by atoms with Crippen molar-refractivity contribution < 1.29 is 28.2 Å². The van der Waals surface area contributed by atoms with Gasteiger partial charge in [-0.25, -0.2) is 4.79 Å². The minimum absolute atomic E-state index is 0.0271. The number of nitrogens with zero attached hydrogens (tertiary/aromatic N) is 1. The van der Waals surface area contributed by atoms with Crippen LogP contribution in [0.3, 0.4) is 0 Å². The van der Waals surface area contributed by atoms with Crippen molar-refractivity contribution in [2.24, 2.45) is 0 Å². The molecule has 2 aromatic rings. The molecule has 156 valence electrons. The van der Waals surface area contributed by atoms with Crippen LogP contribution in [0.15, 0.2) is 54.6 Å². The number of rotatable bonds is 8. The highest BCUT2D eigenvalue weighted by molar-refractivity contribution is 5.70. The van der Waals surface area contributed by atoms with Crippen LogP contribution in [0.1, 0.15) is 43.4 Å². The van der Waals surface area contributed by atoms with Crippen molar-refractivity contribution >= 4 is 6.09 Å². The number of hydrogen-bond acceptors (Lipinski definition) is 4. The molecule has 29 heavy (non-hydrogen) atoms. The Hall–Kier alpha value is -2.67. The molecule has 1 saturated heterocycles. The van der Waals surface area contributed by atoms with E-state index < -0.39 is 18.3 Å². The van der Waals surface area contributed by atoms with Gasteiger partial charge in [-0.1, -0.05) is 42.5 Å². The molecule has 0 saturated carbocycles. The third-order valence-corrected chi connectivity index (χ3v) is 5.37. The second kappa shape index (κ2) is 9.22. The third kappa shape index (κ3) is 4.85. The standard InChI is InChI=1S/C22H25F2NO4/c1-16(17-8-10-19(11-9-17)28-20(23)24)25-14-13-22(12-5-15-26,29-21(25)27)18-6-3-2-4-7-18/h2-4,6-11,16,20,26H,5,12-15H2,1H3/t16-,22?/m0/s1. The number of aliphatic hydroxyl groups excluding tert-OH is 1. The first-order valence-electron chi connectivity index (χ1n) is 9.66. The van der Waals surface area contributed by atoms with E-state index in [0.29, 0.717) is 25.8 Å². The molecule has 0 radical (unpaired) electrons. The van der Waals surface area contributed by atoms with E-state index in [2.05, 4.69) is 4.74 Å². The van der Waals surface area contributed by atoms with Gasteiger partial charge >= 0.3 is 12.7 Å². The number of cyclic esters (lactones) is 1. The van der Waals surface area contributed by atoms with Crippen LogP contribution >= 0.6 is 0 Å². The molecule has 1 aliphatic heterocycles. The van der Waals surface area contributed by atoms with E-state index in [4.69, 9.17) is 4.74 Å². The first kappa shape index (κ1) is 21.0. The predicted molar refractivity (Wildman–Crippen MR) is 104 cm³/mol. The van der Waals surface area contributed by atoms with Crippen LogP contribution in [-0.4, -0.2) is 35.9 Å². The summed E-state index contributed by atoms with van der Waals surface area (Å²) in [5.74, 6) is 0.0734. The van der Waals surface area contributed by atoms with Gasteiger partial charge in [-0.05, 0) is 43.0 Å². The number of benzene rings is 2. The highest BCUT2D eigenvalue weighted by atomic mass is 19.3. The van der Waals surface area contributed by atoms with Gasteiger partial charge in [-0.2, -0.15) is 8.78 Å². The molecule has 3 rings (SSSR count). The lowest BCUT2D eigenvalue weighted by Gasteiger charge is -2.43. The molecule has 0 spiro atoms. The minimum atomic E-state index is -2.87. The van der Waals surface area contributed by atoms with Gasteiger partial charge in [0, 0.05) is 19.6 Å². The quantitative estimate of drug-likeness (QED) is 0.681. The Bertz CT molecular complexity index is 800. The molecule has 2 atom stereocenters. The van der Waals surface area contributed by atoms with Crippen LogP contribution in [0.4, 0.5) is 13.6 Å². The molecule has 0 bridgehead atoms. The molecule has 1 unspecified atom stereocenters. The fraction of sp³-hybridized carbons (Fsp3) is 0.409. The van der Waals surface area contributed by atoms with E-state index in [9.17, 15) is 18.7 Å². The fourth-order valence-corrected chi connectivity index (χ4v) is 3.76. The largest absolute Gasteiger partial charge is 0.438 e. The molecule has 0 aliphatic carbocycles. The molecular formula is C22H25F2NO4. The molecule has 1 aliphatic rings. The molecule has 2 aromatic carbocycles. The molecule has 1 amide bonds. The van der Waals surface area contributed by atoms with E-state index in [0.717, 1.165) is 11.1 Å². The van der Waals surface area contributed by atoms with Gasteiger partial charge in [0.05, 0.1) is 6.04 Å². The van der Waals surface area contributed by atoms with Crippen molar-refractivity contribution in [1.29, 1.82) is 0 Å². The maximum absolute atomic E-state index is 12.9. The van der Waals surface area contributed by atoms with E-state index in [-0.39, 0.29) is 18.4 Å². The average molecular weight is 405 g/mol. The number of carbonyl (C=O) groups is 1. The normalized spacial score (nSPS) is 20.4. The lowest BCUT2D eigenvalue weighted by Crippen LogP contribution is -2.48. The lowest BCUT2D eigenvalue weighted by molar-refractivity contribution is -0.0680. The first-order chi connectivity index (χ1) is 13.9. The number of amides is 1. The highest BCUT2D eigenvalue weighted by Crippen LogP contribution is 2.40. The van der Waals surface area contributed by atoms with E-state index in [1.807, 2.05) is 37.3 Å². The Morgan fingerprint density at radius 1 is 1.17 bits per heavy atom. The number of hydrogen-bond donors (Lipinski definition) is 1. The summed E-state index contributed by atoms with van der Waals surface area (Å²) in [7, 11) is 0. The summed E-state index contributed by atoms with van der Waals surface area (Å²) in [4.78, 5) is 14.5. The van der Waals surface area contributed by atoms with Gasteiger partial charge in [-0.15, -0.1) is 0 Å². The topological polar surface area (TPSA) is 59.0 Å². The van der Waals surface area contributed by atoms with Gasteiger partial charge in [0.15, 0.2) is 0 Å². The predicted octanol–water partition coefficient (Wildman–Crippen LogP) is 4.86. The van der Waals surface area contributed by atoms with Crippen molar-refractivity contribution in [2.45, 2.75) is 44.4 Å². The summed E-state index contributed by atoms with van der Waals surface area (Å²) in [6.07, 6.45) is 1.24. The van der Waals surface area contributed by atoms with Crippen molar-refractivity contribution in [3.63, 3.8) is 0 Å². The second-order valence-electron chi connectivity index (χ2n) is 7.12. The van der Waals surface area contributed by atoms with Crippen molar-refractivity contribution in [3.05, 3.63) is 65.7 Å². The number of alkyl halides is 2. The van der Waals surface area contributed by atoms with Crippen molar-refractivity contribution in [3.8, 4) is 5.75 Å². The minimum Gasteiger partial charge on any atom is -0.438 e. The van der Waals surface area contributed by atoms with E-state index >= 15 is 0 Å². The maximum atomic E-state index is 12.9. The Balaban J connectivity index is 1.74. The Labute approximate surface area is 168 Å². The smallest absolute Gasteiger partial charge is 0.411 e. The second-order valence-corrected chi connectivity index (χ2v) is 7.12. The monoisotopic (exact) mass is 405 g/mol. The number of halogens is 2. The molecule has 1 fully saturated rings. The van der Waals surface area contributed by atoms with Crippen molar-refractivity contribution in [2.75, 3.05) is 13.2 Å². The molecule has 1 heterocycles. The van der Waals surface area contributed by atoms with Crippen LogP contribution in [0.25, 0.3) is 0 Å². The summed E-state index contributed by atoms with van der Waals surface area (Å²) in [5, 5.41) is 9.28. The zero-order valence-electron chi connectivity index (χ0n) is 16.3. The van der Waals surface area contributed by atoms with Gasteiger partial charge in [-0.3, -0.25) is 0 Å². The number of aliphatic hydroxyl groups is 1. The lowest BCUT2D eigenvalue weighted by atomic mass is 9.84. The maximum Gasteiger partial charge on any atom is 0.411 e. The summed E-state index contributed by atoms with van der Waals surface area (Å²) < 4.78 is 34.9.